The highest BCUT2D eigenvalue weighted by molar-refractivity contribution is 7.10. The van der Waals surface area contributed by atoms with E-state index in [9.17, 15) is 4.79 Å². The van der Waals surface area contributed by atoms with Crippen LogP contribution in [-0.2, 0) is 6.54 Å². The van der Waals surface area contributed by atoms with Gasteiger partial charge < -0.3 is 5.32 Å². The van der Waals surface area contributed by atoms with Crippen molar-refractivity contribution in [1.29, 1.82) is 0 Å². The van der Waals surface area contributed by atoms with Crippen LogP contribution >= 0.6 is 22.9 Å². The molecule has 0 fully saturated rings. The molecule has 4 nitrogen and oxygen atoms in total. The van der Waals surface area contributed by atoms with Crippen molar-refractivity contribution < 1.29 is 4.79 Å². The van der Waals surface area contributed by atoms with E-state index < -0.39 is 0 Å². The third-order valence-electron chi connectivity index (χ3n) is 3.61. The summed E-state index contributed by atoms with van der Waals surface area (Å²) in [5, 5.41) is 9.66. The molecule has 3 aromatic rings. The lowest BCUT2D eigenvalue weighted by Crippen LogP contribution is -2.23. The van der Waals surface area contributed by atoms with Gasteiger partial charge in [-0.2, -0.15) is 5.10 Å². The molecule has 0 spiro atoms. The van der Waals surface area contributed by atoms with Crippen molar-refractivity contribution in [1.82, 2.24) is 15.1 Å². The smallest absolute Gasteiger partial charge is 0.256 e. The third kappa shape index (κ3) is 3.16. The highest BCUT2D eigenvalue weighted by Gasteiger charge is 2.21. The van der Waals surface area contributed by atoms with Crippen molar-refractivity contribution in [2.45, 2.75) is 20.4 Å². The fourth-order valence-electron chi connectivity index (χ4n) is 2.33. The number of benzene rings is 1. The van der Waals surface area contributed by atoms with Gasteiger partial charge in [-0.3, -0.25) is 4.79 Å². The number of aromatic nitrogens is 2. The Labute approximate surface area is 143 Å². The molecule has 0 aliphatic heterocycles. The lowest BCUT2D eigenvalue weighted by molar-refractivity contribution is 0.0951. The largest absolute Gasteiger partial charge is 0.347 e. The highest BCUT2D eigenvalue weighted by Crippen LogP contribution is 2.23. The number of nitrogens with one attached hydrogen (secondary N) is 1. The highest BCUT2D eigenvalue weighted by atomic mass is 35.5. The van der Waals surface area contributed by atoms with Crippen LogP contribution in [0.1, 0.15) is 26.5 Å². The van der Waals surface area contributed by atoms with Gasteiger partial charge in [0.15, 0.2) is 0 Å². The standard InChI is InChI=1S/C17H16ClN3OS/c1-11-8-9-23-14(11)10-19-17(22)15-12(2)20-21(16(15)18)13-6-4-3-5-7-13/h3-9H,10H2,1-2H3,(H,19,22). The van der Waals surface area contributed by atoms with Crippen LogP contribution in [0.4, 0.5) is 0 Å². The van der Waals surface area contributed by atoms with Crippen molar-refractivity contribution in [2.24, 2.45) is 0 Å². The van der Waals surface area contributed by atoms with Crippen LogP contribution in [0.2, 0.25) is 5.15 Å². The molecule has 3 rings (SSSR count). The first kappa shape index (κ1) is 15.8. The first-order chi connectivity index (χ1) is 11.1. The molecule has 0 aliphatic carbocycles. The number of thiophene rings is 1. The summed E-state index contributed by atoms with van der Waals surface area (Å²) in [5.74, 6) is -0.206. The molecular weight excluding hydrogens is 330 g/mol. The molecule has 118 valence electrons. The lowest BCUT2D eigenvalue weighted by Gasteiger charge is -2.05. The maximum absolute atomic E-state index is 12.5. The predicted molar refractivity (Wildman–Crippen MR) is 93.5 cm³/mol. The molecule has 0 saturated carbocycles. The minimum atomic E-state index is -0.206. The topological polar surface area (TPSA) is 46.9 Å². The Morgan fingerprint density at radius 3 is 2.65 bits per heavy atom. The summed E-state index contributed by atoms with van der Waals surface area (Å²) in [5.41, 5.74) is 3.04. The van der Waals surface area contributed by atoms with E-state index in [4.69, 9.17) is 11.6 Å². The van der Waals surface area contributed by atoms with E-state index in [2.05, 4.69) is 10.4 Å². The van der Waals surface area contributed by atoms with E-state index in [1.165, 1.54) is 5.56 Å². The van der Waals surface area contributed by atoms with Crippen molar-refractivity contribution in [3.8, 4) is 5.69 Å². The van der Waals surface area contributed by atoms with Crippen LogP contribution in [0.15, 0.2) is 41.8 Å². The van der Waals surface area contributed by atoms with E-state index in [1.807, 2.05) is 48.7 Å². The van der Waals surface area contributed by atoms with Gasteiger partial charge in [0, 0.05) is 4.88 Å². The SMILES string of the molecule is Cc1ccsc1CNC(=O)c1c(C)nn(-c2ccccc2)c1Cl. The Kier molecular flexibility index (Phi) is 4.50. The summed E-state index contributed by atoms with van der Waals surface area (Å²) in [4.78, 5) is 13.6. The van der Waals surface area contributed by atoms with Crippen molar-refractivity contribution in [3.63, 3.8) is 0 Å². The number of nitrogens with zero attached hydrogens (tertiary/aromatic N) is 2. The molecule has 0 unspecified atom stereocenters. The van der Waals surface area contributed by atoms with E-state index in [0.29, 0.717) is 23.0 Å². The summed E-state index contributed by atoms with van der Waals surface area (Å²) in [7, 11) is 0. The van der Waals surface area contributed by atoms with Gasteiger partial charge >= 0.3 is 0 Å². The quantitative estimate of drug-likeness (QED) is 0.772. The molecule has 0 atom stereocenters. The Balaban J connectivity index is 1.84. The molecule has 2 heterocycles. The normalized spacial score (nSPS) is 10.7. The minimum Gasteiger partial charge on any atom is -0.347 e. The second-order valence-corrected chi connectivity index (χ2v) is 6.57. The monoisotopic (exact) mass is 345 g/mol. The maximum Gasteiger partial charge on any atom is 0.256 e. The number of aryl methyl sites for hydroxylation is 2. The second-order valence-electron chi connectivity index (χ2n) is 5.21. The molecule has 1 N–H and O–H groups in total. The molecule has 1 aromatic carbocycles. The third-order valence-corrected chi connectivity index (χ3v) is 4.98. The number of hydrogen-bond donors (Lipinski definition) is 1. The summed E-state index contributed by atoms with van der Waals surface area (Å²) in [6.45, 7) is 4.31. The van der Waals surface area contributed by atoms with Crippen LogP contribution < -0.4 is 5.32 Å². The Morgan fingerprint density at radius 1 is 1.26 bits per heavy atom. The van der Waals surface area contributed by atoms with Crippen LogP contribution in [0.25, 0.3) is 5.69 Å². The molecule has 0 saturated heterocycles. The minimum absolute atomic E-state index is 0.206. The number of carbonyl (C=O) groups is 1. The molecule has 2 aromatic heterocycles. The second kappa shape index (κ2) is 6.56. The van der Waals surface area contributed by atoms with Crippen LogP contribution in [0, 0.1) is 13.8 Å². The van der Waals surface area contributed by atoms with Gasteiger partial charge in [-0.1, -0.05) is 29.8 Å². The van der Waals surface area contributed by atoms with Gasteiger partial charge in [-0.25, -0.2) is 4.68 Å². The molecule has 23 heavy (non-hydrogen) atoms. The summed E-state index contributed by atoms with van der Waals surface area (Å²) in [6, 6.07) is 11.6. The zero-order chi connectivity index (χ0) is 16.4. The molecule has 0 bridgehead atoms. The van der Waals surface area contributed by atoms with Crippen molar-refractivity contribution in [3.05, 3.63) is 68.6 Å². The number of rotatable bonds is 4. The van der Waals surface area contributed by atoms with Gasteiger partial charge in [0.2, 0.25) is 0 Å². The number of halogens is 1. The Morgan fingerprint density at radius 2 is 2.00 bits per heavy atom. The van der Waals surface area contributed by atoms with Crippen molar-refractivity contribution >= 4 is 28.8 Å². The fraction of sp³-hybridized carbons (Fsp3) is 0.176. The number of amides is 1. The summed E-state index contributed by atoms with van der Waals surface area (Å²) >= 11 is 8.02. The first-order valence-electron chi connectivity index (χ1n) is 7.19. The zero-order valence-electron chi connectivity index (χ0n) is 12.8. The van der Waals surface area contributed by atoms with E-state index in [0.717, 1.165) is 10.6 Å². The molecular formula is C17H16ClN3OS. The average Bonchev–Trinajstić information content (AvgIpc) is 3.09. The van der Waals surface area contributed by atoms with E-state index in [1.54, 1.807) is 22.9 Å². The first-order valence-corrected chi connectivity index (χ1v) is 8.45. The van der Waals surface area contributed by atoms with E-state index in [-0.39, 0.29) is 5.91 Å². The van der Waals surface area contributed by atoms with Gasteiger partial charge in [-0.15, -0.1) is 11.3 Å². The fourth-order valence-corrected chi connectivity index (χ4v) is 3.54. The van der Waals surface area contributed by atoms with Gasteiger partial charge in [0.1, 0.15) is 5.15 Å². The van der Waals surface area contributed by atoms with Crippen LogP contribution in [0.3, 0.4) is 0 Å². The average molecular weight is 346 g/mol. The van der Waals surface area contributed by atoms with Crippen LogP contribution in [-0.4, -0.2) is 15.7 Å². The number of hydrogen-bond acceptors (Lipinski definition) is 3. The van der Waals surface area contributed by atoms with Gasteiger partial charge in [0.05, 0.1) is 23.5 Å². The van der Waals surface area contributed by atoms with Gasteiger partial charge in [-0.05, 0) is 43.0 Å². The number of para-hydroxylation sites is 1. The van der Waals surface area contributed by atoms with Crippen LogP contribution in [0.5, 0.6) is 0 Å². The molecule has 6 heteroatoms. The summed E-state index contributed by atoms with van der Waals surface area (Å²) in [6.07, 6.45) is 0. The van der Waals surface area contributed by atoms with Crippen molar-refractivity contribution in [2.75, 3.05) is 0 Å². The predicted octanol–water partition coefficient (Wildman–Crippen LogP) is 4.13. The number of carbonyl (C=O) groups excluding carboxylic acids is 1. The van der Waals surface area contributed by atoms with E-state index >= 15 is 0 Å². The summed E-state index contributed by atoms with van der Waals surface area (Å²) < 4.78 is 1.59. The molecule has 1 amide bonds. The Bertz CT molecular complexity index is 839. The zero-order valence-corrected chi connectivity index (χ0v) is 14.4. The Hall–Kier alpha value is -2.11. The maximum atomic E-state index is 12.5. The lowest BCUT2D eigenvalue weighted by atomic mass is 10.2. The molecule has 0 aliphatic rings. The molecule has 0 radical (unpaired) electrons. The van der Waals surface area contributed by atoms with Gasteiger partial charge in [0.25, 0.3) is 5.91 Å².